The number of benzene rings is 2. The van der Waals surface area contributed by atoms with Crippen molar-refractivity contribution in [1.29, 1.82) is 0 Å². The Morgan fingerprint density at radius 3 is 2.35 bits per heavy atom. The Morgan fingerprint density at radius 2 is 1.77 bits per heavy atom. The number of thiophene rings is 1. The van der Waals surface area contributed by atoms with Crippen LogP contribution in [-0.2, 0) is 9.59 Å². The zero-order valence-corrected chi connectivity index (χ0v) is 19.6. The van der Waals surface area contributed by atoms with Crippen molar-refractivity contribution < 1.29 is 19.4 Å². The van der Waals surface area contributed by atoms with Gasteiger partial charge >= 0.3 is 0 Å². The van der Waals surface area contributed by atoms with Gasteiger partial charge < -0.3 is 9.84 Å². The van der Waals surface area contributed by atoms with E-state index in [1.807, 2.05) is 31.4 Å². The van der Waals surface area contributed by atoms with Gasteiger partial charge in [0.15, 0.2) is 0 Å². The molecule has 1 amide bonds. The molecule has 1 aliphatic heterocycles. The minimum Gasteiger partial charge on any atom is -0.507 e. The summed E-state index contributed by atoms with van der Waals surface area (Å²) < 4.78 is 6.11. The molecule has 1 fully saturated rings. The maximum atomic E-state index is 13.2. The Hall–Kier alpha value is -2.90. The van der Waals surface area contributed by atoms with Crippen LogP contribution >= 0.6 is 27.3 Å². The molecule has 31 heavy (non-hydrogen) atoms. The average Bonchev–Trinajstić information content (AvgIpc) is 3.30. The molecular formula is C24H20BrNO4S. The molecule has 1 aliphatic rings. The predicted molar refractivity (Wildman–Crippen MR) is 126 cm³/mol. The zero-order chi connectivity index (χ0) is 22.3. The molecule has 0 saturated carbocycles. The zero-order valence-electron chi connectivity index (χ0n) is 17.2. The molecule has 1 N–H and O–H groups in total. The van der Waals surface area contributed by atoms with Gasteiger partial charge in [0.05, 0.1) is 12.7 Å². The number of ketones is 1. The molecular weight excluding hydrogens is 478 g/mol. The van der Waals surface area contributed by atoms with Crippen LogP contribution in [0, 0.1) is 13.8 Å². The fourth-order valence-corrected chi connectivity index (χ4v) is 4.97. The number of aliphatic hydroxyl groups is 1. The Balaban J connectivity index is 1.93. The lowest BCUT2D eigenvalue weighted by Crippen LogP contribution is -2.29. The normalized spacial score (nSPS) is 17.9. The molecule has 7 heteroatoms. The first-order chi connectivity index (χ1) is 14.8. The summed E-state index contributed by atoms with van der Waals surface area (Å²) in [5.41, 5.74) is 3.01. The highest BCUT2D eigenvalue weighted by Gasteiger charge is 2.47. The third kappa shape index (κ3) is 3.68. The van der Waals surface area contributed by atoms with E-state index in [1.54, 1.807) is 43.5 Å². The number of anilines is 1. The summed E-state index contributed by atoms with van der Waals surface area (Å²) in [4.78, 5) is 28.6. The number of hydrogen-bond acceptors (Lipinski definition) is 5. The van der Waals surface area contributed by atoms with Gasteiger partial charge in [-0.25, -0.2) is 0 Å². The van der Waals surface area contributed by atoms with Crippen molar-refractivity contribution in [3.63, 3.8) is 0 Å². The fraction of sp³-hybridized carbons (Fsp3) is 0.167. The van der Waals surface area contributed by atoms with Crippen molar-refractivity contribution in [2.24, 2.45) is 0 Å². The molecule has 1 aromatic heterocycles. The van der Waals surface area contributed by atoms with E-state index < -0.39 is 17.7 Å². The Kier molecular flexibility index (Phi) is 5.73. The number of ether oxygens (including phenoxy) is 1. The second-order valence-corrected chi connectivity index (χ2v) is 9.10. The molecule has 4 rings (SSSR count). The second-order valence-electron chi connectivity index (χ2n) is 7.30. The standard InChI is InChI=1S/C24H20BrNO4S/c1-13-10-11-31-23(13)20-19(21(27)15-4-9-18(25)14(2)12-15)22(28)24(29)26(20)16-5-7-17(30-3)8-6-16/h4-12,20,27H,1-3H3/b21-19-. The molecule has 5 nitrogen and oxygen atoms in total. The van der Waals surface area contributed by atoms with Gasteiger partial charge in [-0.15, -0.1) is 11.3 Å². The number of methoxy groups -OCH3 is 1. The first-order valence-corrected chi connectivity index (χ1v) is 11.3. The number of aliphatic hydroxyl groups excluding tert-OH is 1. The second kappa shape index (κ2) is 8.32. The van der Waals surface area contributed by atoms with Crippen molar-refractivity contribution in [2.75, 3.05) is 12.0 Å². The molecule has 0 spiro atoms. The van der Waals surface area contributed by atoms with Gasteiger partial charge in [0.1, 0.15) is 17.6 Å². The maximum Gasteiger partial charge on any atom is 0.300 e. The molecule has 1 saturated heterocycles. The SMILES string of the molecule is COc1ccc(N2C(=O)C(=O)/C(=C(\O)c3ccc(Br)c(C)c3)C2c2sccc2C)cc1. The molecule has 0 aliphatic carbocycles. The molecule has 158 valence electrons. The summed E-state index contributed by atoms with van der Waals surface area (Å²) in [6.07, 6.45) is 0. The highest BCUT2D eigenvalue weighted by Crippen LogP contribution is 2.45. The van der Waals surface area contributed by atoms with E-state index in [4.69, 9.17) is 4.74 Å². The van der Waals surface area contributed by atoms with Crippen LogP contribution < -0.4 is 9.64 Å². The number of carbonyl (C=O) groups is 2. The van der Waals surface area contributed by atoms with E-state index in [0.29, 0.717) is 17.0 Å². The van der Waals surface area contributed by atoms with Crippen LogP contribution in [0.15, 0.2) is 64.0 Å². The van der Waals surface area contributed by atoms with Gasteiger partial charge in [0.2, 0.25) is 0 Å². The monoisotopic (exact) mass is 497 g/mol. The molecule has 3 aromatic rings. The molecule has 1 unspecified atom stereocenters. The summed E-state index contributed by atoms with van der Waals surface area (Å²) in [6, 6.07) is 13.5. The summed E-state index contributed by atoms with van der Waals surface area (Å²) in [6.45, 7) is 3.83. The van der Waals surface area contributed by atoms with E-state index in [9.17, 15) is 14.7 Å². The van der Waals surface area contributed by atoms with Crippen molar-refractivity contribution >= 4 is 50.4 Å². The molecule has 2 heterocycles. The van der Waals surface area contributed by atoms with Crippen molar-refractivity contribution in [3.05, 3.63) is 85.5 Å². The van der Waals surface area contributed by atoms with Crippen molar-refractivity contribution in [2.45, 2.75) is 19.9 Å². The van der Waals surface area contributed by atoms with Crippen LogP contribution in [0.4, 0.5) is 5.69 Å². The van der Waals surface area contributed by atoms with E-state index in [0.717, 1.165) is 20.5 Å². The van der Waals surface area contributed by atoms with Crippen molar-refractivity contribution in [3.8, 4) is 5.75 Å². The van der Waals surface area contributed by atoms with E-state index in [-0.39, 0.29) is 11.3 Å². The smallest absolute Gasteiger partial charge is 0.300 e. The van der Waals surface area contributed by atoms with Gasteiger partial charge in [0, 0.05) is 20.6 Å². The summed E-state index contributed by atoms with van der Waals surface area (Å²) in [5.74, 6) is -0.901. The van der Waals surface area contributed by atoms with Crippen LogP contribution in [0.1, 0.15) is 27.6 Å². The molecule has 0 radical (unpaired) electrons. The Morgan fingerprint density at radius 1 is 1.06 bits per heavy atom. The lowest BCUT2D eigenvalue weighted by Gasteiger charge is -2.25. The number of halogens is 1. The Bertz CT molecular complexity index is 1210. The quantitative estimate of drug-likeness (QED) is 0.282. The number of amides is 1. The average molecular weight is 498 g/mol. The largest absolute Gasteiger partial charge is 0.507 e. The van der Waals surface area contributed by atoms with E-state index >= 15 is 0 Å². The molecule has 0 bridgehead atoms. The minimum absolute atomic E-state index is 0.0908. The van der Waals surface area contributed by atoms with Crippen molar-refractivity contribution in [1.82, 2.24) is 0 Å². The number of Topliss-reactive ketones (excluding diaryl/α,β-unsaturated/α-hetero) is 1. The third-order valence-electron chi connectivity index (χ3n) is 5.38. The summed E-state index contributed by atoms with van der Waals surface area (Å²) in [5, 5.41) is 13.1. The van der Waals surface area contributed by atoms with Crippen LogP contribution in [-0.4, -0.2) is 23.9 Å². The third-order valence-corrected chi connectivity index (χ3v) is 7.34. The molecule has 1 atom stereocenters. The highest BCUT2D eigenvalue weighted by atomic mass is 79.9. The van der Waals surface area contributed by atoms with Crippen LogP contribution in [0.5, 0.6) is 5.75 Å². The Labute approximate surface area is 192 Å². The number of aryl methyl sites for hydroxylation is 2. The topological polar surface area (TPSA) is 66.8 Å². The number of nitrogens with zero attached hydrogens (tertiary/aromatic N) is 1. The number of carbonyl (C=O) groups excluding carboxylic acids is 2. The van der Waals surface area contributed by atoms with E-state index in [2.05, 4.69) is 15.9 Å². The molecule has 2 aromatic carbocycles. The van der Waals surface area contributed by atoms with Gasteiger partial charge in [-0.1, -0.05) is 22.0 Å². The number of rotatable bonds is 4. The highest BCUT2D eigenvalue weighted by molar-refractivity contribution is 9.10. The first-order valence-electron chi connectivity index (χ1n) is 9.59. The first kappa shape index (κ1) is 21.3. The predicted octanol–water partition coefficient (Wildman–Crippen LogP) is 5.76. The lowest BCUT2D eigenvalue weighted by molar-refractivity contribution is -0.132. The summed E-state index contributed by atoms with van der Waals surface area (Å²) >= 11 is 4.91. The minimum atomic E-state index is -0.711. The van der Waals surface area contributed by atoms with Crippen LogP contribution in [0.2, 0.25) is 0 Å². The fourth-order valence-electron chi connectivity index (χ4n) is 3.70. The van der Waals surface area contributed by atoms with Crippen LogP contribution in [0.3, 0.4) is 0 Å². The van der Waals surface area contributed by atoms with Gasteiger partial charge in [-0.3, -0.25) is 14.5 Å². The van der Waals surface area contributed by atoms with Gasteiger partial charge in [0.25, 0.3) is 11.7 Å². The number of hydrogen-bond donors (Lipinski definition) is 1. The lowest BCUT2D eigenvalue weighted by atomic mass is 9.97. The van der Waals surface area contributed by atoms with Gasteiger partial charge in [-0.2, -0.15) is 0 Å². The van der Waals surface area contributed by atoms with E-state index in [1.165, 1.54) is 16.2 Å². The summed E-state index contributed by atoms with van der Waals surface area (Å²) in [7, 11) is 1.57. The van der Waals surface area contributed by atoms with Gasteiger partial charge in [-0.05, 0) is 72.8 Å². The van der Waals surface area contributed by atoms with Crippen LogP contribution in [0.25, 0.3) is 5.76 Å². The maximum absolute atomic E-state index is 13.2.